The first-order chi connectivity index (χ1) is 14.9. The summed E-state index contributed by atoms with van der Waals surface area (Å²) < 4.78 is 0. The van der Waals surface area contributed by atoms with Gasteiger partial charge in [0, 0.05) is 6.54 Å². The fourth-order valence-corrected chi connectivity index (χ4v) is 8.34. The molecule has 4 aromatic carbocycles. The van der Waals surface area contributed by atoms with E-state index in [0.29, 0.717) is 0 Å². The van der Waals surface area contributed by atoms with Crippen LogP contribution in [0.5, 0.6) is 0 Å². The average molecular weight is 446 g/mol. The SMILES string of the molecule is [Cl-].c1ccc(CCNCC[P+](c2ccccc2)(c2ccccc2)c2ccccc2)cc1. The van der Waals surface area contributed by atoms with E-state index in [-0.39, 0.29) is 12.4 Å². The lowest BCUT2D eigenvalue weighted by Gasteiger charge is -2.27. The summed E-state index contributed by atoms with van der Waals surface area (Å²) in [6.45, 7) is 2.00. The Morgan fingerprint density at radius 1 is 0.484 bits per heavy atom. The third kappa shape index (κ3) is 5.63. The number of hydrogen-bond acceptors (Lipinski definition) is 1. The summed E-state index contributed by atoms with van der Waals surface area (Å²) in [7, 11) is -1.73. The Morgan fingerprint density at radius 3 is 1.29 bits per heavy atom. The summed E-state index contributed by atoms with van der Waals surface area (Å²) in [6.07, 6.45) is 2.17. The number of hydrogen-bond donors (Lipinski definition) is 1. The standard InChI is InChI=1S/C28H29NP.ClH/c1-5-13-25(14-6-1)21-22-29-23-24-30(26-15-7-2-8-16-26,27-17-9-3-10-18-27)28-19-11-4-12-20-28;/h1-20,29H,21-24H2;1H/q+1;/p-1. The van der Waals surface area contributed by atoms with Crippen molar-refractivity contribution in [2.45, 2.75) is 6.42 Å². The molecule has 1 N–H and O–H groups in total. The van der Waals surface area contributed by atoms with E-state index in [4.69, 9.17) is 0 Å². The van der Waals surface area contributed by atoms with Gasteiger partial charge in [0.1, 0.15) is 23.2 Å². The van der Waals surface area contributed by atoms with Crippen molar-refractivity contribution in [1.29, 1.82) is 0 Å². The van der Waals surface area contributed by atoms with Crippen molar-refractivity contribution in [3.8, 4) is 0 Å². The van der Waals surface area contributed by atoms with Gasteiger partial charge in [0.25, 0.3) is 0 Å². The predicted octanol–water partition coefficient (Wildman–Crippen LogP) is 1.82. The molecular weight excluding hydrogens is 417 g/mol. The largest absolute Gasteiger partial charge is 1.00 e. The highest BCUT2D eigenvalue weighted by Gasteiger charge is 2.44. The van der Waals surface area contributed by atoms with Gasteiger partial charge in [-0.25, -0.2) is 0 Å². The highest BCUT2D eigenvalue weighted by molar-refractivity contribution is 7.95. The van der Waals surface area contributed by atoms with Crippen molar-refractivity contribution in [3.05, 3.63) is 127 Å². The molecule has 0 atom stereocenters. The van der Waals surface area contributed by atoms with E-state index < -0.39 is 7.26 Å². The van der Waals surface area contributed by atoms with Crippen LogP contribution in [0.25, 0.3) is 0 Å². The number of benzene rings is 4. The molecule has 0 saturated carbocycles. The molecule has 0 aromatic heterocycles. The lowest BCUT2D eigenvalue weighted by molar-refractivity contribution is -0.00000589. The smallest absolute Gasteiger partial charge is 0.113 e. The van der Waals surface area contributed by atoms with Gasteiger partial charge < -0.3 is 17.7 Å². The van der Waals surface area contributed by atoms with Gasteiger partial charge in [-0.3, -0.25) is 0 Å². The van der Waals surface area contributed by atoms with Gasteiger partial charge in [-0.1, -0.05) is 84.9 Å². The molecule has 4 rings (SSSR count). The van der Waals surface area contributed by atoms with Crippen LogP contribution in [0, 0.1) is 0 Å². The van der Waals surface area contributed by atoms with Crippen LogP contribution in [0.15, 0.2) is 121 Å². The fraction of sp³-hybridized carbons (Fsp3) is 0.143. The first kappa shape index (κ1) is 23.2. The zero-order valence-corrected chi connectivity index (χ0v) is 19.4. The Kier molecular flexibility index (Phi) is 8.85. The van der Waals surface area contributed by atoms with Crippen LogP contribution in [0.4, 0.5) is 0 Å². The molecule has 0 radical (unpaired) electrons. The molecule has 158 valence electrons. The van der Waals surface area contributed by atoms with Gasteiger partial charge in [-0.15, -0.1) is 0 Å². The second-order valence-corrected chi connectivity index (χ2v) is 11.1. The second kappa shape index (κ2) is 11.8. The molecule has 0 aliphatic carbocycles. The van der Waals surface area contributed by atoms with Crippen molar-refractivity contribution in [1.82, 2.24) is 5.32 Å². The maximum absolute atomic E-state index is 3.73. The molecule has 0 spiro atoms. The van der Waals surface area contributed by atoms with Crippen LogP contribution < -0.4 is 33.6 Å². The summed E-state index contributed by atoms with van der Waals surface area (Å²) in [5.74, 6) is 0. The molecule has 0 aliphatic heterocycles. The Bertz CT molecular complexity index is 911. The molecule has 0 heterocycles. The van der Waals surface area contributed by atoms with Gasteiger partial charge in [0.2, 0.25) is 0 Å². The minimum absolute atomic E-state index is 0. The first-order valence-electron chi connectivity index (χ1n) is 10.7. The van der Waals surface area contributed by atoms with Crippen molar-refractivity contribution in [2.75, 3.05) is 19.3 Å². The number of nitrogens with one attached hydrogen (secondary N) is 1. The van der Waals surface area contributed by atoms with Crippen molar-refractivity contribution >= 4 is 23.2 Å². The lowest BCUT2D eigenvalue weighted by Crippen LogP contribution is -3.00. The van der Waals surface area contributed by atoms with E-state index in [1.807, 2.05) is 0 Å². The minimum atomic E-state index is -1.73. The Morgan fingerprint density at radius 2 is 0.871 bits per heavy atom. The summed E-state index contributed by atoms with van der Waals surface area (Å²) in [6, 6.07) is 44.1. The Labute approximate surface area is 193 Å². The average Bonchev–Trinajstić information content (AvgIpc) is 2.84. The highest BCUT2D eigenvalue weighted by Crippen LogP contribution is 2.54. The molecule has 0 fully saturated rings. The normalized spacial score (nSPS) is 11.0. The van der Waals surface area contributed by atoms with Crippen LogP contribution in [0.1, 0.15) is 5.56 Å². The Balaban J connectivity index is 0.00000272. The topological polar surface area (TPSA) is 12.0 Å². The molecule has 31 heavy (non-hydrogen) atoms. The van der Waals surface area contributed by atoms with Gasteiger partial charge >= 0.3 is 0 Å². The molecule has 0 unspecified atom stereocenters. The summed E-state index contributed by atoms with van der Waals surface area (Å²) in [4.78, 5) is 0. The van der Waals surface area contributed by atoms with E-state index in [0.717, 1.165) is 25.7 Å². The van der Waals surface area contributed by atoms with Crippen LogP contribution in [-0.2, 0) is 6.42 Å². The van der Waals surface area contributed by atoms with E-state index in [9.17, 15) is 0 Å². The monoisotopic (exact) mass is 445 g/mol. The molecule has 0 bridgehead atoms. The van der Waals surface area contributed by atoms with Gasteiger partial charge in [-0.2, -0.15) is 0 Å². The highest BCUT2D eigenvalue weighted by atomic mass is 35.5. The van der Waals surface area contributed by atoms with Crippen LogP contribution in [0.3, 0.4) is 0 Å². The maximum Gasteiger partial charge on any atom is 0.113 e. The third-order valence-corrected chi connectivity index (χ3v) is 10.1. The quantitative estimate of drug-likeness (QED) is 0.306. The van der Waals surface area contributed by atoms with Gasteiger partial charge in [-0.05, 0) is 54.9 Å². The van der Waals surface area contributed by atoms with Crippen molar-refractivity contribution < 1.29 is 12.4 Å². The Hall–Kier alpha value is -2.44. The fourth-order valence-electron chi connectivity index (χ4n) is 4.13. The molecular formula is C28H29ClNP. The van der Waals surface area contributed by atoms with Crippen molar-refractivity contribution in [2.24, 2.45) is 0 Å². The zero-order chi connectivity index (χ0) is 20.5. The third-order valence-electron chi connectivity index (χ3n) is 5.65. The summed E-state index contributed by atoms with van der Waals surface area (Å²) in [5.41, 5.74) is 1.39. The summed E-state index contributed by atoms with van der Waals surface area (Å²) >= 11 is 0. The van der Waals surface area contributed by atoms with E-state index >= 15 is 0 Å². The van der Waals surface area contributed by atoms with E-state index in [2.05, 4.69) is 127 Å². The zero-order valence-electron chi connectivity index (χ0n) is 17.7. The molecule has 0 saturated heterocycles. The van der Waals surface area contributed by atoms with Crippen molar-refractivity contribution in [3.63, 3.8) is 0 Å². The molecule has 0 amide bonds. The molecule has 0 aliphatic rings. The minimum Gasteiger partial charge on any atom is -1.00 e. The van der Waals surface area contributed by atoms with Crippen LogP contribution in [-0.4, -0.2) is 19.3 Å². The first-order valence-corrected chi connectivity index (χ1v) is 12.7. The van der Waals surface area contributed by atoms with Crippen LogP contribution >= 0.6 is 7.26 Å². The van der Waals surface area contributed by atoms with E-state index in [1.54, 1.807) is 0 Å². The molecule has 1 nitrogen and oxygen atoms in total. The van der Waals surface area contributed by atoms with E-state index in [1.165, 1.54) is 21.5 Å². The summed E-state index contributed by atoms with van der Waals surface area (Å²) in [5, 5.41) is 8.08. The molecule has 4 aromatic rings. The van der Waals surface area contributed by atoms with Crippen LogP contribution in [0.2, 0.25) is 0 Å². The maximum atomic E-state index is 3.73. The molecule has 3 heteroatoms. The predicted molar refractivity (Wildman–Crippen MR) is 133 cm³/mol. The van der Waals surface area contributed by atoms with Gasteiger partial charge in [0.05, 0.1) is 6.16 Å². The second-order valence-electron chi connectivity index (χ2n) is 7.53. The number of rotatable bonds is 9. The number of halogens is 1. The van der Waals surface area contributed by atoms with Gasteiger partial charge in [0.15, 0.2) is 0 Å². The lowest BCUT2D eigenvalue weighted by atomic mass is 10.1.